The Morgan fingerprint density at radius 2 is 1.93 bits per heavy atom. The van der Waals surface area contributed by atoms with Gasteiger partial charge in [-0.15, -0.1) is 5.06 Å². The van der Waals surface area contributed by atoms with Crippen LogP contribution < -0.4 is 0 Å². The maximum atomic E-state index is 11.8. The molecule has 80 valence electrons. The molecule has 0 saturated carbocycles. The molecule has 5 nitrogen and oxygen atoms in total. The van der Waals surface area contributed by atoms with Crippen molar-refractivity contribution >= 4 is 11.5 Å². The second kappa shape index (κ2) is 2.77. The van der Waals surface area contributed by atoms with Gasteiger partial charge in [0.15, 0.2) is 5.71 Å². The normalized spacial score (nSPS) is 32.4. The second-order valence-electron chi connectivity index (χ2n) is 4.33. The number of Topliss-reactive ketones (excluding diaryl/α,β-unsaturated/α-hetero) is 1. The molecule has 1 aliphatic rings. The van der Waals surface area contributed by atoms with E-state index in [0.29, 0.717) is 10.5 Å². The Morgan fingerprint density at radius 1 is 1.50 bits per heavy atom. The summed E-state index contributed by atoms with van der Waals surface area (Å²) in [7, 11) is 0. The molecule has 0 bridgehead atoms. The van der Waals surface area contributed by atoms with Crippen LogP contribution in [0.1, 0.15) is 34.6 Å². The number of nitrogens with zero attached hydrogens (tertiary/aromatic N) is 2. The van der Waals surface area contributed by atoms with E-state index in [2.05, 4.69) is 0 Å². The fraction of sp³-hybridized carbons (Fsp3) is 0.778. The van der Waals surface area contributed by atoms with Gasteiger partial charge in [0.25, 0.3) is 0 Å². The molecule has 0 unspecified atom stereocenters. The number of hydroxylamine groups is 3. The van der Waals surface area contributed by atoms with E-state index in [9.17, 15) is 15.2 Å². The molecule has 1 aliphatic heterocycles. The molecule has 0 aromatic carbocycles. The highest BCUT2D eigenvalue weighted by Gasteiger charge is 2.60. The van der Waals surface area contributed by atoms with Crippen molar-refractivity contribution in [3.8, 4) is 0 Å². The van der Waals surface area contributed by atoms with Gasteiger partial charge in [-0.2, -0.15) is 4.74 Å². The summed E-state index contributed by atoms with van der Waals surface area (Å²) in [6, 6.07) is 0. The van der Waals surface area contributed by atoms with Crippen LogP contribution in [-0.2, 0) is 4.79 Å². The van der Waals surface area contributed by atoms with E-state index in [1.54, 1.807) is 20.8 Å². The largest absolute Gasteiger partial charge is 0.622 e. The lowest BCUT2D eigenvalue weighted by molar-refractivity contribution is -0.565. The Balaban J connectivity index is 3.35. The number of hydrogen-bond donors (Lipinski definition) is 1. The molecule has 0 amide bonds. The number of hydrogen-bond acceptors (Lipinski definition) is 4. The highest BCUT2D eigenvalue weighted by Crippen LogP contribution is 2.32. The van der Waals surface area contributed by atoms with Crippen molar-refractivity contribution in [1.29, 1.82) is 0 Å². The number of rotatable bonds is 1. The van der Waals surface area contributed by atoms with Gasteiger partial charge in [0, 0.05) is 20.8 Å². The molecular weight excluding hydrogens is 184 g/mol. The maximum absolute atomic E-state index is 11.8. The molecule has 1 rings (SSSR count). The molecule has 1 N–H and O–H groups in total. The van der Waals surface area contributed by atoms with Crippen molar-refractivity contribution < 1.29 is 14.7 Å². The monoisotopic (exact) mass is 200 g/mol. The van der Waals surface area contributed by atoms with Crippen LogP contribution in [0.2, 0.25) is 0 Å². The lowest BCUT2D eigenvalue weighted by Gasteiger charge is -2.30. The minimum atomic E-state index is -1.49. The molecule has 0 spiro atoms. The average Bonchev–Trinajstić information content (AvgIpc) is 2.21. The van der Waals surface area contributed by atoms with E-state index in [1.807, 2.05) is 0 Å². The first-order valence-corrected chi connectivity index (χ1v) is 4.48. The van der Waals surface area contributed by atoms with Gasteiger partial charge >= 0.3 is 5.66 Å². The van der Waals surface area contributed by atoms with Crippen LogP contribution in [-0.4, -0.2) is 37.7 Å². The van der Waals surface area contributed by atoms with E-state index >= 15 is 0 Å². The number of carbonyl (C=O) groups is 1. The van der Waals surface area contributed by atoms with Gasteiger partial charge in [-0.3, -0.25) is 4.79 Å². The Hall–Kier alpha value is -0.940. The molecule has 0 fully saturated rings. The zero-order valence-electron chi connectivity index (χ0n) is 9.16. The quantitative estimate of drug-likeness (QED) is 0.501. The van der Waals surface area contributed by atoms with E-state index in [1.165, 1.54) is 13.8 Å². The first-order valence-electron chi connectivity index (χ1n) is 4.48. The van der Waals surface area contributed by atoms with Gasteiger partial charge in [-0.25, -0.2) is 0 Å². The molecule has 0 aliphatic carbocycles. The second-order valence-corrected chi connectivity index (χ2v) is 4.33. The van der Waals surface area contributed by atoms with Crippen LogP contribution in [0.3, 0.4) is 0 Å². The third-order valence-electron chi connectivity index (χ3n) is 3.19. The van der Waals surface area contributed by atoms with Crippen LogP contribution in [0.15, 0.2) is 0 Å². The standard InChI is InChI=1S/C9H16N2O3/c1-6-8(3,4)11(14)9(5,7(2)12)10(6)13/h14H,1-5H3/t9-/m0/s1. The van der Waals surface area contributed by atoms with Gasteiger partial charge in [-0.1, -0.05) is 0 Å². The first kappa shape index (κ1) is 11.1. The summed E-state index contributed by atoms with van der Waals surface area (Å²) in [5.41, 5.74) is -1.87. The van der Waals surface area contributed by atoms with Crippen LogP contribution in [0, 0.1) is 5.21 Å². The summed E-state index contributed by atoms with van der Waals surface area (Å²) in [5, 5.41) is 22.4. The fourth-order valence-electron chi connectivity index (χ4n) is 1.65. The van der Waals surface area contributed by atoms with Crippen molar-refractivity contribution in [2.24, 2.45) is 0 Å². The zero-order valence-corrected chi connectivity index (χ0v) is 9.16. The van der Waals surface area contributed by atoms with Crippen molar-refractivity contribution in [2.75, 3.05) is 0 Å². The maximum Gasteiger partial charge on any atom is 0.307 e. The fourth-order valence-corrected chi connectivity index (χ4v) is 1.65. The predicted octanol–water partition coefficient (Wildman–Crippen LogP) is 0.746. The third kappa shape index (κ3) is 1.02. The molecule has 0 aromatic heterocycles. The molecule has 1 atom stereocenters. The van der Waals surface area contributed by atoms with Gasteiger partial charge in [0.1, 0.15) is 5.54 Å². The number of carbonyl (C=O) groups excluding carboxylic acids is 1. The summed E-state index contributed by atoms with van der Waals surface area (Å²) in [4.78, 5) is 11.4. The Kier molecular flexibility index (Phi) is 2.21. The Morgan fingerprint density at radius 3 is 2.07 bits per heavy atom. The van der Waals surface area contributed by atoms with Crippen molar-refractivity contribution in [2.45, 2.75) is 45.8 Å². The minimum Gasteiger partial charge on any atom is -0.622 e. The van der Waals surface area contributed by atoms with Gasteiger partial charge < -0.3 is 10.4 Å². The van der Waals surface area contributed by atoms with Crippen molar-refractivity contribution in [3.63, 3.8) is 0 Å². The topological polar surface area (TPSA) is 66.6 Å². The SMILES string of the molecule is CC(=O)[C@]1(C)N(O)C(C)(C)C(C)=[N+]1[O-]. The van der Waals surface area contributed by atoms with Crippen LogP contribution in [0.5, 0.6) is 0 Å². The van der Waals surface area contributed by atoms with Gasteiger partial charge in [0.2, 0.25) is 5.78 Å². The third-order valence-corrected chi connectivity index (χ3v) is 3.19. The molecule has 1 heterocycles. The van der Waals surface area contributed by atoms with Gasteiger partial charge in [-0.05, 0) is 13.8 Å². The highest BCUT2D eigenvalue weighted by atomic mass is 16.6. The van der Waals surface area contributed by atoms with E-state index in [-0.39, 0.29) is 5.78 Å². The lowest BCUT2D eigenvalue weighted by atomic mass is 9.99. The highest BCUT2D eigenvalue weighted by molar-refractivity contribution is 5.93. The summed E-state index contributed by atoms with van der Waals surface area (Å²) >= 11 is 0. The van der Waals surface area contributed by atoms with Crippen LogP contribution >= 0.6 is 0 Å². The summed E-state index contributed by atoms with van der Waals surface area (Å²) < 4.78 is 0.579. The molecular formula is C9H16N2O3. The lowest BCUT2D eigenvalue weighted by Crippen LogP contribution is -2.56. The van der Waals surface area contributed by atoms with Crippen LogP contribution in [0.25, 0.3) is 0 Å². The predicted molar refractivity (Wildman–Crippen MR) is 51.1 cm³/mol. The first-order chi connectivity index (χ1) is 6.16. The summed E-state index contributed by atoms with van der Waals surface area (Å²) in [6.07, 6.45) is 0. The smallest absolute Gasteiger partial charge is 0.307 e. The van der Waals surface area contributed by atoms with Crippen LogP contribution in [0.4, 0.5) is 0 Å². The van der Waals surface area contributed by atoms with E-state index in [0.717, 1.165) is 5.06 Å². The Labute approximate surface area is 83.2 Å². The molecule has 0 saturated heterocycles. The van der Waals surface area contributed by atoms with Crippen molar-refractivity contribution in [3.05, 3.63) is 5.21 Å². The molecule has 14 heavy (non-hydrogen) atoms. The van der Waals surface area contributed by atoms with Gasteiger partial charge in [0.05, 0.1) is 0 Å². The Bertz CT molecular complexity index is 322. The average molecular weight is 200 g/mol. The number of ketones is 1. The minimum absolute atomic E-state index is 0.375. The van der Waals surface area contributed by atoms with E-state index in [4.69, 9.17) is 0 Å². The molecule has 0 aromatic rings. The molecule has 0 radical (unpaired) electrons. The summed E-state index contributed by atoms with van der Waals surface area (Å²) in [6.45, 7) is 7.72. The molecule has 5 heteroatoms. The van der Waals surface area contributed by atoms with E-state index < -0.39 is 11.2 Å². The summed E-state index contributed by atoms with van der Waals surface area (Å²) in [5.74, 6) is -0.375. The zero-order chi connectivity index (χ0) is 11.3. The van der Waals surface area contributed by atoms with Crippen molar-refractivity contribution in [1.82, 2.24) is 5.06 Å².